The summed E-state index contributed by atoms with van der Waals surface area (Å²) < 4.78 is 5.44. The molecule has 0 aromatic heterocycles. The van der Waals surface area contributed by atoms with Crippen LogP contribution in [0, 0.1) is 0 Å². The van der Waals surface area contributed by atoms with Gasteiger partial charge in [-0.25, -0.2) is 0 Å². The third kappa shape index (κ3) is 6.47. The Bertz CT molecular complexity index is 441. The number of morpholine rings is 1. The zero-order chi connectivity index (χ0) is 18.1. The van der Waals surface area contributed by atoms with Crippen molar-refractivity contribution in [3.8, 4) is 0 Å². The van der Waals surface area contributed by atoms with Crippen molar-refractivity contribution in [1.29, 1.82) is 0 Å². The molecule has 0 aliphatic carbocycles. The fourth-order valence-corrected chi connectivity index (χ4v) is 3.30. The summed E-state index contributed by atoms with van der Waals surface area (Å²) in [5.41, 5.74) is -0.00248. The Hall–Kier alpha value is -1.34. The van der Waals surface area contributed by atoms with Crippen molar-refractivity contribution >= 4 is 11.9 Å². The largest absolute Gasteiger partial charge is 0.379 e. The highest BCUT2D eigenvalue weighted by Gasteiger charge is 2.28. The van der Waals surface area contributed by atoms with Crippen molar-refractivity contribution in [3.63, 3.8) is 0 Å². The summed E-state index contributed by atoms with van der Waals surface area (Å²) in [5, 5.41) is 6.57. The average Bonchev–Trinajstić information content (AvgIpc) is 3.15. The first-order valence-corrected chi connectivity index (χ1v) is 9.65. The van der Waals surface area contributed by atoms with Crippen molar-refractivity contribution in [3.05, 3.63) is 0 Å². The monoisotopic (exact) mass is 353 g/mol. The Balaban J connectivity index is 1.79. The van der Waals surface area contributed by atoms with Crippen molar-refractivity contribution in [2.75, 3.05) is 59.0 Å². The highest BCUT2D eigenvalue weighted by atomic mass is 16.5. The van der Waals surface area contributed by atoms with Crippen LogP contribution in [0.2, 0.25) is 0 Å². The molecule has 2 heterocycles. The second-order valence-corrected chi connectivity index (χ2v) is 7.37. The topological polar surface area (TPSA) is 69.2 Å². The van der Waals surface area contributed by atoms with Gasteiger partial charge in [-0.2, -0.15) is 0 Å². The van der Waals surface area contributed by atoms with Crippen LogP contribution in [0.15, 0.2) is 4.99 Å². The summed E-state index contributed by atoms with van der Waals surface area (Å²) in [4.78, 5) is 21.3. The van der Waals surface area contributed by atoms with Gasteiger partial charge in [0.25, 0.3) is 0 Å². The molecule has 144 valence electrons. The number of guanidine groups is 1. The van der Waals surface area contributed by atoms with Gasteiger partial charge in [0, 0.05) is 51.2 Å². The van der Waals surface area contributed by atoms with Crippen LogP contribution in [0.4, 0.5) is 0 Å². The highest BCUT2D eigenvalue weighted by Crippen LogP contribution is 2.16. The summed E-state index contributed by atoms with van der Waals surface area (Å²) in [5.74, 6) is 1.03. The first kappa shape index (κ1) is 20.0. The number of hydrogen-bond donors (Lipinski definition) is 2. The molecular formula is C18H35N5O2. The minimum Gasteiger partial charge on any atom is -0.379 e. The second kappa shape index (κ2) is 9.97. The summed E-state index contributed by atoms with van der Waals surface area (Å²) in [6, 6.07) is 0. The first-order valence-electron chi connectivity index (χ1n) is 9.65. The van der Waals surface area contributed by atoms with Gasteiger partial charge in [0.05, 0.1) is 19.8 Å². The number of carbonyl (C=O) groups is 1. The van der Waals surface area contributed by atoms with Gasteiger partial charge in [-0.15, -0.1) is 0 Å². The molecule has 2 N–H and O–H groups in total. The molecule has 2 rings (SSSR count). The lowest BCUT2D eigenvalue weighted by Gasteiger charge is -2.39. The Morgan fingerprint density at radius 2 is 1.80 bits per heavy atom. The number of hydrogen-bond acceptors (Lipinski definition) is 4. The quantitative estimate of drug-likeness (QED) is 0.520. The molecule has 0 aromatic carbocycles. The van der Waals surface area contributed by atoms with E-state index < -0.39 is 0 Å². The summed E-state index contributed by atoms with van der Waals surface area (Å²) in [6.07, 6.45) is 2.80. The molecule has 7 nitrogen and oxygen atoms in total. The van der Waals surface area contributed by atoms with Gasteiger partial charge in [-0.05, 0) is 33.6 Å². The lowest BCUT2D eigenvalue weighted by atomic mass is 10.0. The molecule has 0 saturated carbocycles. The molecule has 2 saturated heterocycles. The fourth-order valence-electron chi connectivity index (χ4n) is 3.30. The number of aliphatic imine (C=N–C) groups is 1. The van der Waals surface area contributed by atoms with E-state index in [1.807, 2.05) is 4.90 Å². The molecule has 7 heteroatoms. The Labute approximate surface area is 152 Å². The summed E-state index contributed by atoms with van der Waals surface area (Å²) >= 11 is 0. The molecule has 0 aromatic rings. The zero-order valence-electron chi connectivity index (χ0n) is 16.1. The minimum atomic E-state index is -0.00248. The number of amides is 1. The molecule has 0 atom stereocenters. The summed E-state index contributed by atoms with van der Waals surface area (Å²) in [6.45, 7) is 14.0. The van der Waals surface area contributed by atoms with E-state index in [4.69, 9.17) is 9.73 Å². The van der Waals surface area contributed by atoms with E-state index in [0.29, 0.717) is 19.5 Å². The highest BCUT2D eigenvalue weighted by molar-refractivity contribution is 5.81. The van der Waals surface area contributed by atoms with E-state index >= 15 is 0 Å². The SMILES string of the molecule is CCNC(=NCC(C)(C)N1CCOCC1)NCCC(=O)N1CCCC1. The molecule has 2 fully saturated rings. The van der Waals surface area contributed by atoms with Crippen LogP contribution in [-0.2, 0) is 9.53 Å². The summed E-state index contributed by atoms with van der Waals surface area (Å²) in [7, 11) is 0. The Kier molecular flexibility index (Phi) is 7.96. The number of likely N-dealkylation sites (tertiary alicyclic amines) is 1. The van der Waals surface area contributed by atoms with E-state index in [9.17, 15) is 4.79 Å². The molecule has 25 heavy (non-hydrogen) atoms. The van der Waals surface area contributed by atoms with Gasteiger partial charge in [-0.3, -0.25) is 14.7 Å². The van der Waals surface area contributed by atoms with E-state index in [1.54, 1.807) is 0 Å². The van der Waals surface area contributed by atoms with Crippen LogP contribution >= 0.6 is 0 Å². The van der Waals surface area contributed by atoms with Crippen molar-refractivity contribution in [2.24, 2.45) is 4.99 Å². The zero-order valence-corrected chi connectivity index (χ0v) is 16.1. The smallest absolute Gasteiger partial charge is 0.224 e. The maximum absolute atomic E-state index is 12.1. The minimum absolute atomic E-state index is 0.00248. The van der Waals surface area contributed by atoms with Crippen LogP contribution in [0.3, 0.4) is 0 Å². The van der Waals surface area contributed by atoms with Gasteiger partial charge < -0.3 is 20.3 Å². The van der Waals surface area contributed by atoms with Gasteiger partial charge in [0.2, 0.25) is 5.91 Å². The number of nitrogens with zero attached hydrogens (tertiary/aromatic N) is 3. The Morgan fingerprint density at radius 3 is 2.44 bits per heavy atom. The average molecular weight is 354 g/mol. The number of ether oxygens (including phenoxy) is 1. The third-order valence-corrected chi connectivity index (χ3v) is 4.93. The van der Waals surface area contributed by atoms with E-state index in [2.05, 4.69) is 36.3 Å². The van der Waals surface area contributed by atoms with Gasteiger partial charge in [0.1, 0.15) is 0 Å². The number of nitrogens with one attached hydrogen (secondary N) is 2. The molecule has 0 radical (unpaired) electrons. The standard InChI is InChI=1S/C18H35N5O2/c1-4-19-17(20-8-7-16(24)22-9-5-6-10-22)21-15-18(2,3)23-11-13-25-14-12-23/h4-15H2,1-3H3,(H2,19,20,21). The Morgan fingerprint density at radius 1 is 1.12 bits per heavy atom. The van der Waals surface area contributed by atoms with E-state index in [1.165, 1.54) is 0 Å². The van der Waals surface area contributed by atoms with Crippen LogP contribution in [-0.4, -0.2) is 86.2 Å². The van der Waals surface area contributed by atoms with Crippen molar-refractivity contribution in [2.45, 2.75) is 45.6 Å². The lowest BCUT2D eigenvalue weighted by Crippen LogP contribution is -2.52. The van der Waals surface area contributed by atoms with E-state index in [0.717, 1.165) is 64.7 Å². The maximum Gasteiger partial charge on any atom is 0.224 e. The van der Waals surface area contributed by atoms with Gasteiger partial charge in [-0.1, -0.05) is 0 Å². The van der Waals surface area contributed by atoms with Crippen molar-refractivity contribution < 1.29 is 9.53 Å². The third-order valence-electron chi connectivity index (χ3n) is 4.93. The predicted octanol–water partition coefficient (Wildman–Crippen LogP) is 0.665. The predicted molar refractivity (Wildman–Crippen MR) is 101 cm³/mol. The molecule has 0 spiro atoms. The van der Waals surface area contributed by atoms with E-state index in [-0.39, 0.29) is 11.4 Å². The second-order valence-electron chi connectivity index (χ2n) is 7.37. The van der Waals surface area contributed by atoms with Gasteiger partial charge in [0.15, 0.2) is 5.96 Å². The van der Waals surface area contributed by atoms with Gasteiger partial charge >= 0.3 is 0 Å². The molecule has 1 amide bonds. The number of rotatable bonds is 7. The molecule has 2 aliphatic heterocycles. The van der Waals surface area contributed by atoms with Crippen LogP contribution in [0.1, 0.15) is 40.0 Å². The van der Waals surface area contributed by atoms with Crippen LogP contribution < -0.4 is 10.6 Å². The lowest BCUT2D eigenvalue weighted by molar-refractivity contribution is -0.129. The maximum atomic E-state index is 12.1. The number of carbonyl (C=O) groups excluding carboxylic acids is 1. The van der Waals surface area contributed by atoms with Crippen LogP contribution in [0.5, 0.6) is 0 Å². The normalized spacial score (nSPS) is 20.0. The van der Waals surface area contributed by atoms with Crippen molar-refractivity contribution in [1.82, 2.24) is 20.4 Å². The van der Waals surface area contributed by atoms with Crippen LogP contribution in [0.25, 0.3) is 0 Å². The fraction of sp³-hybridized carbons (Fsp3) is 0.889. The molecular weight excluding hydrogens is 318 g/mol. The molecule has 0 bridgehead atoms. The molecule has 2 aliphatic rings. The first-order chi connectivity index (χ1) is 12.0. The molecule has 0 unspecified atom stereocenters.